The fourth-order valence-corrected chi connectivity index (χ4v) is 5.72. The van der Waals surface area contributed by atoms with Crippen molar-refractivity contribution in [3.8, 4) is 0 Å². The second-order valence-corrected chi connectivity index (χ2v) is 9.37. The van der Waals surface area contributed by atoms with Crippen LogP contribution in [0.4, 0.5) is 5.13 Å². The topological polar surface area (TPSA) is 36.4 Å². The minimum Gasteiger partial charge on any atom is -0.345 e. The van der Waals surface area contributed by atoms with E-state index in [0.29, 0.717) is 0 Å². The molecule has 1 saturated heterocycles. The van der Waals surface area contributed by atoms with Gasteiger partial charge in [-0.2, -0.15) is 0 Å². The average molecular weight is 406 g/mol. The summed E-state index contributed by atoms with van der Waals surface area (Å²) in [6.45, 7) is 7.47. The molecule has 5 heteroatoms. The van der Waals surface area contributed by atoms with Crippen molar-refractivity contribution >= 4 is 32.6 Å². The summed E-state index contributed by atoms with van der Waals surface area (Å²) < 4.78 is 1.28. The largest absolute Gasteiger partial charge is 0.345 e. The van der Waals surface area contributed by atoms with Crippen molar-refractivity contribution in [3.63, 3.8) is 0 Å². The van der Waals surface area contributed by atoms with E-state index < -0.39 is 0 Å². The van der Waals surface area contributed by atoms with Crippen LogP contribution in [0.15, 0.2) is 30.3 Å². The van der Waals surface area contributed by atoms with E-state index in [0.717, 1.165) is 55.2 Å². The van der Waals surface area contributed by atoms with E-state index in [1.807, 2.05) is 11.0 Å². The number of fused-ring (bicyclic) bond motifs is 2. The lowest BCUT2D eigenvalue weighted by Gasteiger charge is -2.34. The number of carbonyl (C=O) groups excluding carboxylic acids is 1. The molecule has 0 radical (unpaired) electrons. The molecule has 0 saturated carbocycles. The quantitative estimate of drug-likeness (QED) is 0.617. The zero-order valence-electron chi connectivity index (χ0n) is 17.2. The molecule has 29 heavy (non-hydrogen) atoms. The molecule has 1 amide bonds. The lowest BCUT2D eigenvalue weighted by Crippen LogP contribution is -2.48. The standard InChI is InChI=1S/C24H27N3OS/c1-16-13-17(2)22-21(14-16)25-24(29-22)27-11-9-26(10-12-27)23(28)20-8-7-18-5-3-4-6-19(18)15-20/h7-8,13-15H,3-6,9-12H2,1-2H3. The van der Waals surface area contributed by atoms with Crippen LogP contribution in [0, 0.1) is 13.8 Å². The van der Waals surface area contributed by atoms with E-state index in [1.165, 1.54) is 39.8 Å². The number of nitrogens with zero attached hydrogens (tertiary/aromatic N) is 3. The van der Waals surface area contributed by atoms with Crippen molar-refractivity contribution in [1.29, 1.82) is 0 Å². The average Bonchev–Trinajstić information content (AvgIpc) is 3.17. The van der Waals surface area contributed by atoms with Crippen LogP contribution in [-0.4, -0.2) is 42.0 Å². The summed E-state index contributed by atoms with van der Waals surface area (Å²) >= 11 is 1.77. The molecule has 1 aromatic heterocycles. The lowest BCUT2D eigenvalue weighted by atomic mass is 9.90. The molecule has 2 heterocycles. The fraction of sp³-hybridized carbons (Fsp3) is 0.417. The summed E-state index contributed by atoms with van der Waals surface area (Å²) in [5.74, 6) is 0.175. The van der Waals surface area contributed by atoms with Gasteiger partial charge in [0, 0.05) is 31.7 Å². The molecule has 4 nitrogen and oxygen atoms in total. The first-order chi connectivity index (χ1) is 14.1. The Morgan fingerprint density at radius 1 is 0.966 bits per heavy atom. The maximum atomic E-state index is 13.0. The number of carbonyl (C=O) groups is 1. The van der Waals surface area contributed by atoms with Gasteiger partial charge in [0.1, 0.15) is 0 Å². The van der Waals surface area contributed by atoms with Crippen molar-refractivity contribution in [2.75, 3.05) is 31.1 Å². The molecule has 0 N–H and O–H groups in total. The van der Waals surface area contributed by atoms with Gasteiger partial charge in [-0.25, -0.2) is 4.98 Å². The highest BCUT2D eigenvalue weighted by molar-refractivity contribution is 7.22. The molecule has 1 fully saturated rings. The highest BCUT2D eigenvalue weighted by Crippen LogP contribution is 2.32. The number of amides is 1. The van der Waals surface area contributed by atoms with E-state index in [4.69, 9.17) is 4.98 Å². The third-order valence-electron chi connectivity index (χ3n) is 6.24. The Kier molecular flexibility index (Phi) is 4.78. The normalized spacial score (nSPS) is 16.9. The van der Waals surface area contributed by atoms with Crippen LogP contribution in [0.25, 0.3) is 10.2 Å². The Morgan fingerprint density at radius 2 is 1.72 bits per heavy atom. The van der Waals surface area contributed by atoms with Crippen molar-refractivity contribution in [2.24, 2.45) is 0 Å². The highest BCUT2D eigenvalue weighted by atomic mass is 32.1. The van der Waals surface area contributed by atoms with Crippen molar-refractivity contribution in [2.45, 2.75) is 39.5 Å². The molecule has 0 bridgehead atoms. The summed E-state index contributed by atoms with van der Waals surface area (Å²) in [4.78, 5) is 22.3. The number of thiazole rings is 1. The van der Waals surface area contributed by atoms with Crippen molar-refractivity contribution in [3.05, 3.63) is 58.1 Å². The van der Waals surface area contributed by atoms with Crippen LogP contribution >= 0.6 is 11.3 Å². The Bertz CT molecular complexity index is 1080. The molecule has 1 aliphatic heterocycles. The summed E-state index contributed by atoms with van der Waals surface area (Å²) in [7, 11) is 0. The Hall–Kier alpha value is -2.40. The van der Waals surface area contributed by atoms with Gasteiger partial charge in [0.15, 0.2) is 5.13 Å². The minimum absolute atomic E-state index is 0.175. The van der Waals surface area contributed by atoms with Crippen molar-refractivity contribution in [1.82, 2.24) is 9.88 Å². The van der Waals surface area contributed by atoms with E-state index in [9.17, 15) is 4.79 Å². The molecular weight excluding hydrogens is 378 g/mol. The fourth-order valence-electron chi connectivity index (χ4n) is 4.65. The van der Waals surface area contributed by atoms with Gasteiger partial charge < -0.3 is 9.80 Å². The van der Waals surface area contributed by atoms with Crippen LogP contribution in [0.5, 0.6) is 0 Å². The SMILES string of the molecule is Cc1cc(C)c2sc(N3CCN(C(=O)c4ccc5c(c4)CCCC5)CC3)nc2c1. The number of aromatic nitrogens is 1. The van der Waals surface area contributed by atoms with Gasteiger partial charge in [-0.3, -0.25) is 4.79 Å². The number of aryl methyl sites for hydroxylation is 4. The molecule has 2 aliphatic rings. The monoisotopic (exact) mass is 405 g/mol. The Labute approximate surface area is 176 Å². The van der Waals surface area contributed by atoms with Gasteiger partial charge in [0.05, 0.1) is 10.2 Å². The smallest absolute Gasteiger partial charge is 0.253 e. The molecule has 3 aromatic rings. The summed E-state index contributed by atoms with van der Waals surface area (Å²) in [5.41, 5.74) is 7.30. The van der Waals surface area contributed by atoms with Gasteiger partial charge >= 0.3 is 0 Å². The number of benzene rings is 2. The van der Waals surface area contributed by atoms with E-state index in [-0.39, 0.29) is 5.91 Å². The highest BCUT2D eigenvalue weighted by Gasteiger charge is 2.25. The summed E-state index contributed by atoms with van der Waals surface area (Å²) in [6.07, 6.45) is 4.78. The molecule has 150 valence electrons. The molecule has 0 unspecified atom stereocenters. The van der Waals surface area contributed by atoms with Gasteiger partial charge in [0.25, 0.3) is 5.91 Å². The van der Waals surface area contributed by atoms with Gasteiger partial charge in [-0.1, -0.05) is 23.5 Å². The van der Waals surface area contributed by atoms with E-state index in [2.05, 4.69) is 43.0 Å². The maximum Gasteiger partial charge on any atom is 0.253 e. The third kappa shape index (κ3) is 3.52. The molecule has 1 aliphatic carbocycles. The Morgan fingerprint density at radius 3 is 2.52 bits per heavy atom. The van der Waals surface area contributed by atoms with Crippen molar-refractivity contribution < 1.29 is 4.79 Å². The number of anilines is 1. The first-order valence-corrected chi connectivity index (χ1v) is 11.4. The second-order valence-electron chi connectivity index (χ2n) is 8.40. The third-order valence-corrected chi connectivity index (χ3v) is 7.51. The van der Waals surface area contributed by atoms with Gasteiger partial charge in [-0.05, 0) is 80.0 Å². The lowest BCUT2D eigenvalue weighted by molar-refractivity contribution is 0.0746. The van der Waals surface area contributed by atoms with E-state index >= 15 is 0 Å². The van der Waals surface area contributed by atoms with Crippen LogP contribution in [0.1, 0.15) is 45.5 Å². The van der Waals surface area contributed by atoms with E-state index in [1.54, 1.807) is 11.3 Å². The molecular formula is C24H27N3OS. The van der Waals surface area contributed by atoms with Crippen LogP contribution < -0.4 is 4.90 Å². The predicted octanol–water partition coefficient (Wildman–Crippen LogP) is 4.75. The summed E-state index contributed by atoms with van der Waals surface area (Å²) in [6, 6.07) is 10.7. The second kappa shape index (κ2) is 7.45. The number of hydrogen-bond donors (Lipinski definition) is 0. The summed E-state index contributed by atoms with van der Waals surface area (Å²) in [5, 5.41) is 1.08. The number of piperazine rings is 1. The van der Waals surface area contributed by atoms with Crippen LogP contribution in [-0.2, 0) is 12.8 Å². The molecule has 0 spiro atoms. The minimum atomic E-state index is 0.175. The van der Waals surface area contributed by atoms with Gasteiger partial charge in [-0.15, -0.1) is 0 Å². The zero-order chi connectivity index (χ0) is 20.0. The number of hydrogen-bond acceptors (Lipinski definition) is 4. The Balaban J connectivity index is 1.29. The molecule has 2 aromatic carbocycles. The van der Waals surface area contributed by atoms with Crippen LogP contribution in [0.2, 0.25) is 0 Å². The molecule has 5 rings (SSSR count). The zero-order valence-corrected chi connectivity index (χ0v) is 18.0. The predicted molar refractivity (Wildman–Crippen MR) is 120 cm³/mol. The first kappa shape index (κ1) is 18.6. The maximum absolute atomic E-state index is 13.0. The number of rotatable bonds is 2. The van der Waals surface area contributed by atoms with Gasteiger partial charge in [0.2, 0.25) is 0 Å². The molecule has 0 atom stereocenters. The van der Waals surface area contributed by atoms with Crippen LogP contribution in [0.3, 0.4) is 0 Å². The first-order valence-electron chi connectivity index (χ1n) is 10.6.